The number of rotatable bonds is 4. The van der Waals surface area contributed by atoms with Crippen molar-refractivity contribution in [3.05, 3.63) is 34.9 Å². The minimum atomic E-state index is -0.0268. The smallest absolute Gasteiger partial charge is 0.220 e. The molecule has 3 N–H and O–H groups in total. The van der Waals surface area contributed by atoms with Gasteiger partial charge >= 0.3 is 0 Å². The van der Waals surface area contributed by atoms with E-state index in [2.05, 4.69) is 5.32 Å². The van der Waals surface area contributed by atoms with E-state index in [0.717, 1.165) is 18.4 Å². The van der Waals surface area contributed by atoms with Crippen molar-refractivity contribution in [3.8, 4) is 0 Å². The van der Waals surface area contributed by atoms with E-state index in [1.165, 1.54) is 12.8 Å². The van der Waals surface area contributed by atoms with Crippen LogP contribution in [0.2, 0.25) is 5.02 Å². The Kier molecular flexibility index (Phi) is 7.50. The third-order valence-corrected chi connectivity index (χ3v) is 4.38. The maximum absolute atomic E-state index is 12.1. The highest BCUT2D eigenvalue weighted by molar-refractivity contribution is 6.30. The van der Waals surface area contributed by atoms with Crippen LogP contribution in [0, 0.1) is 5.92 Å². The Balaban J connectivity index is 0.00000220. The van der Waals surface area contributed by atoms with E-state index in [0.29, 0.717) is 17.4 Å². The second kappa shape index (κ2) is 8.62. The Morgan fingerprint density at radius 3 is 2.81 bits per heavy atom. The highest BCUT2D eigenvalue weighted by Crippen LogP contribution is 2.26. The summed E-state index contributed by atoms with van der Waals surface area (Å²) in [4.78, 5) is 12.1. The number of carbonyl (C=O) groups excluding carboxylic acids is 1. The molecule has 2 rings (SSSR count). The number of nitrogens with two attached hydrogens (primary N) is 1. The van der Waals surface area contributed by atoms with E-state index < -0.39 is 0 Å². The van der Waals surface area contributed by atoms with Crippen molar-refractivity contribution in [3.63, 3.8) is 0 Å². The monoisotopic (exact) mass is 330 g/mol. The lowest BCUT2D eigenvalue weighted by Crippen LogP contribution is -2.37. The summed E-state index contributed by atoms with van der Waals surface area (Å²) in [5, 5.41) is 3.73. The molecule has 118 valence electrons. The quantitative estimate of drug-likeness (QED) is 0.880. The van der Waals surface area contributed by atoms with Crippen LogP contribution < -0.4 is 11.1 Å². The molecule has 0 aromatic heterocycles. The van der Waals surface area contributed by atoms with E-state index in [9.17, 15) is 4.79 Å². The first kappa shape index (κ1) is 18.3. The SMILES string of the molecule is CC(NC(=O)CC1CCCCC1N)c1cccc(Cl)c1.Cl. The highest BCUT2D eigenvalue weighted by atomic mass is 35.5. The van der Waals surface area contributed by atoms with Crippen molar-refractivity contribution in [1.29, 1.82) is 0 Å². The van der Waals surface area contributed by atoms with Gasteiger partial charge in [-0.1, -0.05) is 36.6 Å². The van der Waals surface area contributed by atoms with E-state index in [1.54, 1.807) is 0 Å². The molecule has 0 heterocycles. The van der Waals surface area contributed by atoms with Gasteiger partial charge in [0.2, 0.25) is 5.91 Å². The van der Waals surface area contributed by atoms with Gasteiger partial charge in [0.25, 0.3) is 0 Å². The van der Waals surface area contributed by atoms with Crippen molar-refractivity contribution in [2.24, 2.45) is 11.7 Å². The molecular formula is C16H24Cl2N2O. The molecule has 0 saturated heterocycles. The topological polar surface area (TPSA) is 55.1 Å². The Bertz CT molecular complexity index is 467. The summed E-state index contributed by atoms with van der Waals surface area (Å²) in [6, 6.07) is 7.75. The fourth-order valence-electron chi connectivity index (χ4n) is 2.89. The highest BCUT2D eigenvalue weighted by Gasteiger charge is 2.24. The summed E-state index contributed by atoms with van der Waals surface area (Å²) in [7, 11) is 0. The Morgan fingerprint density at radius 2 is 2.14 bits per heavy atom. The molecule has 1 fully saturated rings. The Labute approximate surface area is 138 Å². The van der Waals surface area contributed by atoms with Gasteiger partial charge in [-0.3, -0.25) is 4.79 Å². The first-order valence-electron chi connectivity index (χ1n) is 7.36. The average Bonchev–Trinajstić information content (AvgIpc) is 2.41. The molecule has 1 aromatic rings. The summed E-state index contributed by atoms with van der Waals surface area (Å²) < 4.78 is 0. The fourth-order valence-corrected chi connectivity index (χ4v) is 3.09. The van der Waals surface area contributed by atoms with Gasteiger partial charge in [-0.15, -0.1) is 12.4 Å². The van der Waals surface area contributed by atoms with Gasteiger partial charge in [0, 0.05) is 17.5 Å². The van der Waals surface area contributed by atoms with Crippen LogP contribution in [0.1, 0.15) is 50.6 Å². The molecule has 1 aromatic carbocycles. The van der Waals surface area contributed by atoms with Gasteiger partial charge in [0.1, 0.15) is 0 Å². The van der Waals surface area contributed by atoms with Crippen molar-refractivity contribution < 1.29 is 4.79 Å². The molecule has 3 nitrogen and oxygen atoms in total. The lowest BCUT2D eigenvalue weighted by atomic mass is 9.83. The van der Waals surface area contributed by atoms with Gasteiger partial charge in [-0.2, -0.15) is 0 Å². The van der Waals surface area contributed by atoms with Gasteiger partial charge in [-0.05, 0) is 43.4 Å². The largest absolute Gasteiger partial charge is 0.350 e. The second-order valence-electron chi connectivity index (χ2n) is 5.76. The molecular weight excluding hydrogens is 307 g/mol. The zero-order valence-electron chi connectivity index (χ0n) is 12.3. The minimum Gasteiger partial charge on any atom is -0.350 e. The van der Waals surface area contributed by atoms with E-state index in [4.69, 9.17) is 17.3 Å². The van der Waals surface area contributed by atoms with Crippen LogP contribution in [0.25, 0.3) is 0 Å². The summed E-state index contributed by atoms with van der Waals surface area (Å²) in [5.41, 5.74) is 7.12. The van der Waals surface area contributed by atoms with Crippen molar-refractivity contribution in [2.45, 2.75) is 51.1 Å². The molecule has 0 aliphatic heterocycles. The van der Waals surface area contributed by atoms with Crippen LogP contribution in [0.15, 0.2) is 24.3 Å². The zero-order chi connectivity index (χ0) is 14.5. The molecule has 1 amide bonds. The number of amides is 1. The molecule has 3 atom stereocenters. The van der Waals surface area contributed by atoms with Gasteiger partial charge in [0.05, 0.1) is 6.04 Å². The summed E-state index contributed by atoms with van der Waals surface area (Å²) in [6.45, 7) is 1.98. The van der Waals surface area contributed by atoms with Gasteiger partial charge < -0.3 is 11.1 Å². The Morgan fingerprint density at radius 1 is 1.43 bits per heavy atom. The minimum absolute atomic E-state index is 0. The molecule has 1 saturated carbocycles. The standard InChI is InChI=1S/C16H23ClN2O.ClH/c1-11(12-6-4-7-14(17)9-12)19-16(20)10-13-5-2-3-8-15(13)18;/h4,6-7,9,11,13,15H,2-3,5,8,10,18H2,1H3,(H,19,20);1H. The normalized spacial score (nSPS) is 23.0. The summed E-state index contributed by atoms with van der Waals surface area (Å²) >= 11 is 5.97. The average molecular weight is 331 g/mol. The number of benzene rings is 1. The Hall–Kier alpha value is -0.770. The van der Waals surface area contributed by atoms with Crippen molar-refractivity contribution >= 4 is 29.9 Å². The molecule has 21 heavy (non-hydrogen) atoms. The van der Waals surface area contributed by atoms with Crippen molar-refractivity contribution in [1.82, 2.24) is 5.32 Å². The van der Waals surface area contributed by atoms with Crippen LogP contribution in [0.3, 0.4) is 0 Å². The zero-order valence-corrected chi connectivity index (χ0v) is 13.9. The lowest BCUT2D eigenvalue weighted by Gasteiger charge is -2.28. The van der Waals surface area contributed by atoms with Crippen LogP contribution in [-0.2, 0) is 4.79 Å². The maximum atomic E-state index is 12.1. The predicted octanol–water partition coefficient (Wildman–Crippen LogP) is 3.85. The lowest BCUT2D eigenvalue weighted by molar-refractivity contribution is -0.123. The van der Waals surface area contributed by atoms with Crippen LogP contribution in [0.4, 0.5) is 0 Å². The third-order valence-electron chi connectivity index (χ3n) is 4.14. The first-order chi connectivity index (χ1) is 9.56. The van der Waals surface area contributed by atoms with E-state index in [1.807, 2.05) is 31.2 Å². The number of halogens is 2. The number of carbonyl (C=O) groups is 1. The molecule has 3 unspecified atom stereocenters. The first-order valence-corrected chi connectivity index (χ1v) is 7.74. The van der Waals surface area contributed by atoms with E-state index >= 15 is 0 Å². The number of hydrogen-bond acceptors (Lipinski definition) is 2. The molecule has 1 aliphatic carbocycles. The molecule has 5 heteroatoms. The summed E-state index contributed by atoms with van der Waals surface area (Å²) in [5.74, 6) is 0.412. The third kappa shape index (κ3) is 5.50. The van der Waals surface area contributed by atoms with Crippen LogP contribution >= 0.6 is 24.0 Å². The predicted molar refractivity (Wildman–Crippen MR) is 89.8 cm³/mol. The second-order valence-corrected chi connectivity index (χ2v) is 6.19. The van der Waals surface area contributed by atoms with Gasteiger partial charge in [0.15, 0.2) is 0 Å². The maximum Gasteiger partial charge on any atom is 0.220 e. The number of nitrogens with one attached hydrogen (secondary N) is 1. The van der Waals surface area contributed by atoms with Crippen LogP contribution in [-0.4, -0.2) is 11.9 Å². The molecule has 1 aliphatic rings. The van der Waals surface area contributed by atoms with Gasteiger partial charge in [-0.25, -0.2) is 0 Å². The van der Waals surface area contributed by atoms with E-state index in [-0.39, 0.29) is 30.4 Å². The fraction of sp³-hybridized carbons (Fsp3) is 0.562. The summed E-state index contributed by atoms with van der Waals surface area (Å²) in [6.07, 6.45) is 5.03. The molecule has 0 radical (unpaired) electrons. The van der Waals surface area contributed by atoms with Crippen molar-refractivity contribution in [2.75, 3.05) is 0 Å². The molecule has 0 spiro atoms. The molecule has 0 bridgehead atoms. The number of hydrogen-bond donors (Lipinski definition) is 2. The van der Waals surface area contributed by atoms with Crippen LogP contribution in [0.5, 0.6) is 0 Å².